The van der Waals surface area contributed by atoms with Gasteiger partial charge in [-0.05, 0) is 61.2 Å². The van der Waals surface area contributed by atoms with Crippen LogP contribution in [0.2, 0.25) is 5.02 Å². The van der Waals surface area contributed by atoms with E-state index in [1.54, 1.807) is 49.6 Å². The lowest BCUT2D eigenvalue weighted by atomic mass is 9.98. The fourth-order valence-corrected chi connectivity index (χ4v) is 3.51. The predicted octanol–water partition coefficient (Wildman–Crippen LogP) is 4.27. The Balaban J connectivity index is 1.50. The molecule has 2 aromatic rings. The first-order valence-electron chi connectivity index (χ1n) is 9.73. The maximum atomic E-state index is 12.6. The minimum atomic E-state index is -0.193. The highest BCUT2D eigenvalue weighted by atomic mass is 35.5. The first kappa shape index (κ1) is 21.0. The number of amides is 2. The molecular formula is C22H26ClN3O3. The molecule has 1 saturated heterocycles. The maximum Gasteiger partial charge on any atom is 0.253 e. The molecule has 154 valence electrons. The van der Waals surface area contributed by atoms with E-state index in [1.165, 1.54) is 0 Å². The highest BCUT2D eigenvalue weighted by molar-refractivity contribution is 6.32. The number of likely N-dealkylation sites (tertiary alicyclic amines) is 1. The van der Waals surface area contributed by atoms with Crippen LogP contribution in [0.5, 0.6) is 5.75 Å². The highest BCUT2D eigenvalue weighted by Crippen LogP contribution is 2.27. The molecule has 0 bridgehead atoms. The number of hydrogen-bond acceptors (Lipinski definition) is 4. The number of halogens is 1. The summed E-state index contributed by atoms with van der Waals surface area (Å²) in [6.45, 7) is 3.92. The zero-order valence-electron chi connectivity index (χ0n) is 16.7. The molecule has 2 N–H and O–H groups in total. The lowest BCUT2D eigenvalue weighted by Crippen LogP contribution is -2.37. The van der Waals surface area contributed by atoms with E-state index in [1.807, 2.05) is 4.90 Å². The number of nitrogens with zero attached hydrogens (tertiary/aromatic N) is 1. The third kappa shape index (κ3) is 5.64. The van der Waals surface area contributed by atoms with Crippen LogP contribution in [0.25, 0.3) is 0 Å². The fraction of sp³-hybridized carbons (Fsp3) is 0.364. The summed E-state index contributed by atoms with van der Waals surface area (Å²) in [4.78, 5) is 26.7. The summed E-state index contributed by atoms with van der Waals surface area (Å²) in [5.41, 5.74) is 2.01. The van der Waals surface area contributed by atoms with Crippen LogP contribution in [0.1, 0.15) is 30.1 Å². The zero-order valence-corrected chi connectivity index (χ0v) is 17.5. The standard InChI is InChI=1S/C22H26ClN3O3/c1-15-9-11-26(12-10-15)22(28)16-3-5-17(6-4-16)25-21(27)14-24-18-7-8-20(29-2)19(23)13-18/h3-8,13,15,24H,9-12,14H2,1-2H3,(H,25,27). The van der Waals surface area contributed by atoms with Crippen LogP contribution in [0.4, 0.5) is 11.4 Å². The monoisotopic (exact) mass is 415 g/mol. The summed E-state index contributed by atoms with van der Waals surface area (Å²) in [6, 6.07) is 12.2. The average molecular weight is 416 g/mol. The van der Waals surface area contributed by atoms with Crippen molar-refractivity contribution in [2.45, 2.75) is 19.8 Å². The third-order valence-electron chi connectivity index (χ3n) is 5.09. The van der Waals surface area contributed by atoms with Gasteiger partial charge in [-0.3, -0.25) is 9.59 Å². The summed E-state index contributed by atoms with van der Waals surface area (Å²) in [7, 11) is 1.55. The Morgan fingerprint density at radius 3 is 2.38 bits per heavy atom. The van der Waals surface area contributed by atoms with E-state index >= 15 is 0 Å². The van der Waals surface area contributed by atoms with Crippen LogP contribution in [0, 0.1) is 5.92 Å². The fourth-order valence-electron chi connectivity index (χ4n) is 3.25. The predicted molar refractivity (Wildman–Crippen MR) is 116 cm³/mol. The molecule has 1 aliphatic heterocycles. The van der Waals surface area contributed by atoms with Crippen LogP contribution in [-0.2, 0) is 4.79 Å². The van der Waals surface area contributed by atoms with Crippen molar-refractivity contribution in [3.63, 3.8) is 0 Å². The van der Waals surface area contributed by atoms with Crippen molar-refractivity contribution in [1.29, 1.82) is 0 Å². The van der Waals surface area contributed by atoms with Crippen molar-refractivity contribution in [3.8, 4) is 5.75 Å². The van der Waals surface area contributed by atoms with Crippen LogP contribution in [0.15, 0.2) is 42.5 Å². The number of carbonyl (C=O) groups excluding carboxylic acids is 2. The number of anilines is 2. The van der Waals surface area contributed by atoms with Crippen molar-refractivity contribution < 1.29 is 14.3 Å². The largest absolute Gasteiger partial charge is 0.495 e. The maximum absolute atomic E-state index is 12.6. The molecule has 1 heterocycles. The Kier molecular flexibility index (Phi) is 6.99. The molecule has 0 aliphatic carbocycles. The quantitative estimate of drug-likeness (QED) is 0.739. The minimum absolute atomic E-state index is 0.0489. The van der Waals surface area contributed by atoms with Crippen molar-refractivity contribution in [2.24, 2.45) is 5.92 Å². The van der Waals surface area contributed by atoms with Gasteiger partial charge in [-0.2, -0.15) is 0 Å². The Bertz CT molecular complexity index is 862. The summed E-state index contributed by atoms with van der Waals surface area (Å²) in [5.74, 6) is 1.11. The van der Waals surface area contributed by atoms with Gasteiger partial charge in [0.15, 0.2) is 0 Å². The van der Waals surface area contributed by atoms with Gasteiger partial charge < -0.3 is 20.3 Å². The molecule has 0 radical (unpaired) electrons. The second-order valence-electron chi connectivity index (χ2n) is 7.30. The van der Waals surface area contributed by atoms with Gasteiger partial charge >= 0.3 is 0 Å². The lowest BCUT2D eigenvalue weighted by molar-refractivity contribution is -0.114. The highest BCUT2D eigenvalue weighted by Gasteiger charge is 2.21. The molecule has 0 aromatic heterocycles. The van der Waals surface area contributed by atoms with Gasteiger partial charge in [-0.25, -0.2) is 0 Å². The number of hydrogen-bond donors (Lipinski definition) is 2. The average Bonchev–Trinajstić information content (AvgIpc) is 2.73. The molecule has 2 amide bonds. The van der Waals surface area contributed by atoms with E-state index < -0.39 is 0 Å². The van der Waals surface area contributed by atoms with Gasteiger partial charge in [0.2, 0.25) is 5.91 Å². The summed E-state index contributed by atoms with van der Waals surface area (Å²) >= 11 is 6.08. The second-order valence-corrected chi connectivity index (χ2v) is 7.71. The van der Waals surface area contributed by atoms with Gasteiger partial charge in [0, 0.05) is 30.0 Å². The molecule has 29 heavy (non-hydrogen) atoms. The SMILES string of the molecule is COc1ccc(NCC(=O)Nc2ccc(C(=O)N3CCC(C)CC3)cc2)cc1Cl. The smallest absolute Gasteiger partial charge is 0.253 e. The topological polar surface area (TPSA) is 70.7 Å². The van der Waals surface area contributed by atoms with E-state index in [0.717, 1.165) is 31.6 Å². The Morgan fingerprint density at radius 2 is 1.76 bits per heavy atom. The molecule has 1 aliphatic rings. The lowest BCUT2D eigenvalue weighted by Gasteiger charge is -2.30. The molecule has 3 rings (SSSR count). The molecule has 6 nitrogen and oxygen atoms in total. The molecule has 0 spiro atoms. The first-order valence-corrected chi connectivity index (χ1v) is 10.1. The Hall–Kier alpha value is -2.73. The van der Waals surface area contributed by atoms with E-state index in [-0.39, 0.29) is 18.4 Å². The van der Waals surface area contributed by atoms with E-state index in [4.69, 9.17) is 16.3 Å². The van der Waals surface area contributed by atoms with Crippen LogP contribution in [-0.4, -0.2) is 43.5 Å². The van der Waals surface area contributed by atoms with Crippen molar-refractivity contribution in [1.82, 2.24) is 4.90 Å². The number of benzene rings is 2. The van der Waals surface area contributed by atoms with Crippen molar-refractivity contribution >= 4 is 34.8 Å². The van der Waals surface area contributed by atoms with Gasteiger partial charge in [0.05, 0.1) is 18.7 Å². The molecule has 0 saturated carbocycles. The second kappa shape index (κ2) is 9.65. The first-order chi connectivity index (χ1) is 14.0. The van der Waals surface area contributed by atoms with Gasteiger partial charge in [-0.15, -0.1) is 0 Å². The van der Waals surface area contributed by atoms with Crippen LogP contribution >= 0.6 is 11.6 Å². The number of rotatable bonds is 6. The van der Waals surface area contributed by atoms with Gasteiger partial charge in [0.25, 0.3) is 5.91 Å². The van der Waals surface area contributed by atoms with Gasteiger partial charge in [0.1, 0.15) is 5.75 Å². The van der Waals surface area contributed by atoms with Crippen molar-refractivity contribution in [3.05, 3.63) is 53.1 Å². The molecule has 0 unspecified atom stereocenters. The molecular weight excluding hydrogens is 390 g/mol. The summed E-state index contributed by atoms with van der Waals surface area (Å²) in [5, 5.41) is 6.31. The third-order valence-corrected chi connectivity index (χ3v) is 5.39. The van der Waals surface area contributed by atoms with E-state index in [2.05, 4.69) is 17.6 Å². The molecule has 1 fully saturated rings. The van der Waals surface area contributed by atoms with Gasteiger partial charge in [-0.1, -0.05) is 18.5 Å². The Morgan fingerprint density at radius 1 is 1.10 bits per heavy atom. The normalized spacial score (nSPS) is 14.4. The summed E-state index contributed by atoms with van der Waals surface area (Å²) in [6.07, 6.45) is 2.10. The number of carbonyl (C=O) groups is 2. The molecule has 7 heteroatoms. The molecule has 0 atom stereocenters. The van der Waals surface area contributed by atoms with E-state index in [0.29, 0.717) is 27.9 Å². The van der Waals surface area contributed by atoms with E-state index in [9.17, 15) is 9.59 Å². The number of nitrogens with one attached hydrogen (secondary N) is 2. The molecule has 2 aromatic carbocycles. The zero-order chi connectivity index (χ0) is 20.8. The minimum Gasteiger partial charge on any atom is -0.495 e. The van der Waals surface area contributed by atoms with Crippen LogP contribution < -0.4 is 15.4 Å². The number of methoxy groups -OCH3 is 1. The number of piperidine rings is 1. The number of ether oxygens (including phenoxy) is 1. The Labute approximate surface area is 176 Å². The van der Waals surface area contributed by atoms with Crippen molar-refractivity contribution in [2.75, 3.05) is 37.4 Å². The van der Waals surface area contributed by atoms with Crippen LogP contribution in [0.3, 0.4) is 0 Å². The summed E-state index contributed by atoms with van der Waals surface area (Å²) < 4.78 is 5.11.